The minimum atomic E-state index is -0.898. The zero-order valence-corrected chi connectivity index (χ0v) is 11.9. The fourth-order valence-electron chi connectivity index (χ4n) is 2.57. The van der Waals surface area contributed by atoms with Crippen LogP contribution in [0.2, 0.25) is 0 Å². The Bertz CT molecular complexity index is 540. The second-order valence-electron chi connectivity index (χ2n) is 5.18. The van der Waals surface area contributed by atoms with E-state index in [2.05, 4.69) is 5.32 Å². The van der Waals surface area contributed by atoms with Crippen LogP contribution in [-0.4, -0.2) is 46.4 Å². The lowest BCUT2D eigenvalue weighted by atomic mass is 10.0. The second-order valence-corrected chi connectivity index (χ2v) is 5.18. The van der Waals surface area contributed by atoms with Crippen LogP contribution in [0.1, 0.15) is 30.8 Å². The lowest BCUT2D eigenvalue weighted by Crippen LogP contribution is -2.49. The third-order valence-corrected chi connectivity index (χ3v) is 3.82. The Kier molecular flexibility index (Phi) is 4.30. The third-order valence-electron chi connectivity index (χ3n) is 3.82. The normalized spacial score (nSPS) is 22.9. The van der Waals surface area contributed by atoms with Crippen molar-refractivity contribution in [2.24, 2.45) is 5.92 Å². The minimum Gasteiger partial charge on any atom is -0.481 e. The Morgan fingerprint density at radius 2 is 2.19 bits per heavy atom. The Labute approximate surface area is 121 Å². The molecule has 2 rings (SSSR count). The highest BCUT2D eigenvalue weighted by Gasteiger charge is 2.39. The van der Waals surface area contributed by atoms with Gasteiger partial charge in [0.2, 0.25) is 5.91 Å². The molecule has 1 aliphatic rings. The number of carboxylic acid groups (broad SMARTS) is 1. The zero-order valence-electron chi connectivity index (χ0n) is 11.9. The number of nitrogens with one attached hydrogen (secondary N) is 1. The maximum absolute atomic E-state index is 12.3. The summed E-state index contributed by atoms with van der Waals surface area (Å²) in [5.74, 6) is -2.08. The van der Waals surface area contributed by atoms with E-state index in [1.807, 2.05) is 0 Å². The molecule has 0 aliphatic carbocycles. The Balaban J connectivity index is 1.97. The molecule has 1 fully saturated rings. The predicted molar refractivity (Wildman–Crippen MR) is 72.6 cm³/mol. The second kappa shape index (κ2) is 5.99. The molecule has 114 valence electrons. The van der Waals surface area contributed by atoms with E-state index in [-0.39, 0.29) is 17.7 Å². The zero-order chi connectivity index (χ0) is 15.6. The molecule has 3 unspecified atom stereocenters. The monoisotopic (exact) mass is 294 g/mol. The SMILES string of the molecule is CC(NC(=O)c1ccco1)C(=O)N1CCC(C(=O)O)C1C. The van der Waals surface area contributed by atoms with Crippen LogP contribution < -0.4 is 5.32 Å². The summed E-state index contributed by atoms with van der Waals surface area (Å²) in [6, 6.07) is 1.97. The lowest BCUT2D eigenvalue weighted by molar-refractivity contribution is -0.143. The number of furan rings is 1. The maximum atomic E-state index is 12.3. The smallest absolute Gasteiger partial charge is 0.308 e. The number of rotatable bonds is 4. The Morgan fingerprint density at radius 1 is 1.48 bits per heavy atom. The molecule has 7 nitrogen and oxygen atoms in total. The average Bonchev–Trinajstić information content (AvgIpc) is 3.06. The maximum Gasteiger partial charge on any atom is 0.308 e. The van der Waals surface area contributed by atoms with Gasteiger partial charge in [-0.05, 0) is 32.4 Å². The molecule has 21 heavy (non-hydrogen) atoms. The summed E-state index contributed by atoms with van der Waals surface area (Å²) >= 11 is 0. The van der Waals surface area contributed by atoms with Crippen molar-refractivity contribution in [3.63, 3.8) is 0 Å². The third kappa shape index (κ3) is 3.07. The van der Waals surface area contributed by atoms with Gasteiger partial charge in [0.15, 0.2) is 5.76 Å². The van der Waals surface area contributed by atoms with Crippen LogP contribution in [0, 0.1) is 5.92 Å². The molecule has 2 N–H and O–H groups in total. The number of aliphatic carboxylic acids is 1. The first-order valence-electron chi connectivity index (χ1n) is 6.79. The van der Waals surface area contributed by atoms with E-state index >= 15 is 0 Å². The predicted octanol–water partition coefficient (Wildman–Crippen LogP) is 0.720. The average molecular weight is 294 g/mol. The molecule has 7 heteroatoms. The first kappa shape index (κ1) is 15.1. The van der Waals surface area contributed by atoms with E-state index in [0.717, 1.165) is 0 Å². The number of carbonyl (C=O) groups excluding carboxylic acids is 2. The van der Waals surface area contributed by atoms with Gasteiger partial charge in [-0.3, -0.25) is 14.4 Å². The van der Waals surface area contributed by atoms with E-state index in [9.17, 15) is 14.4 Å². The lowest BCUT2D eigenvalue weighted by Gasteiger charge is -2.26. The number of amides is 2. The van der Waals surface area contributed by atoms with Gasteiger partial charge in [-0.2, -0.15) is 0 Å². The first-order chi connectivity index (χ1) is 9.91. The van der Waals surface area contributed by atoms with Gasteiger partial charge < -0.3 is 19.7 Å². The molecule has 0 saturated carbocycles. The molecule has 1 aromatic rings. The molecule has 2 heterocycles. The van der Waals surface area contributed by atoms with Crippen LogP contribution in [0.15, 0.2) is 22.8 Å². The molecule has 0 bridgehead atoms. The van der Waals surface area contributed by atoms with Gasteiger partial charge in [0.25, 0.3) is 5.91 Å². The summed E-state index contributed by atoms with van der Waals surface area (Å²) in [6.07, 6.45) is 1.81. The molecule has 1 aliphatic heterocycles. The topological polar surface area (TPSA) is 99.9 Å². The van der Waals surface area contributed by atoms with Gasteiger partial charge in [-0.25, -0.2) is 0 Å². The van der Waals surface area contributed by atoms with Crippen molar-refractivity contribution in [2.45, 2.75) is 32.4 Å². The number of carbonyl (C=O) groups is 3. The van der Waals surface area contributed by atoms with Gasteiger partial charge in [-0.15, -0.1) is 0 Å². The largest absolute Gasteiger partial charge is 0.481 e. The van der Waals surface area contributed by atoms with Gasteiger partial charge in [0.1, 0.15) is 6.04 Å². The van der Waals surface area contributed by atoms with Crippen LogP contribution in [0.3, 0.4) is 0 Å². The van der Waals surface area contributed by atoms with Gasteiger partial charge in [0, 0.05) is 12.6 Å². The van der Waals surface area contributed by atoms with Crippen LogP contribution in [0.25, 0.3) is 0 Å². The van der Waals surface area contributed by atoms with Crippen LogP contribution in [0.5, 0.6) is 0 Å². The summed E-state index contributed by atoms with van der Waals surface area (Å²) in [5.41, 5.74) is 0. The van der Waals surface area contributed by atoms with E-state index in [1.165, 1.54) is 17.2 Å². The summed E-state index contributed by atoms with van der Waals surface area (Å²) in [5, 5.41) is 11.6. The molecule has 0 radical (unpaired) electrons. The summed E-state index contributed by atoms with van der Waals surface area (Å²) in [6.45, 7) is 3.67. The van der Waals surface area contributed by atoms with Crippen molar-refractivity contribution < 1.29 is 23.9 Å². The summed E-state index contributed by atoms with van der Waals surface area (Å²) in [7, 11) is 0. The number of carboxylic acids is 1. The van der Waals surface area contributed by atoms with Gasteiger partial charge in [0.05, 0.1) is 12.2 Å². The van der Waals surface area contributed by atoms with Crippen LogP contribution in [-0.2, 0) is 9.59 Å². The van der Waals surface area contributed by atoms with Crippen molar-refractivity contribution >= 4 is 17.8 Å². The fraction of sp³-hybridized carbons (Fsp3) is 0.500. The number of nitrogens with zero attached hydrogens (tertiary/aromatic N) is 1. The van der Waals surface area contributed by atoms with E-state index in [0.29, 0.717) is 13.0 Å². The molecule has 0 aromatic carbocycles. The Hall–Kier alpha value is -2.31. The Morgan fingerprint density at radius 3 is 2.71 bits per heavy atom. The first-order valence-corrected chi connectivity index (χ1v) is 6.79. The molecule has 2 amide bonds. The van der Waals surface area contributed by atoms with Crippen molar-refractivity contribution in [1.29, 1.82) is 0 Å². The van der Waals surface area contributed by atoms with E-state index in [1.54, 1.807) is 19.9 Å². The highest BCUT2D eigenvalue weighted by molar-refractivity contribution is 5.95. The number of hydrogen-bond donors (Lipinski definition) is 2. The van der Waals surface area contributed by atoms with Crippen LogP contribution >= 0.6 is 0 Å². The van der Waals surface area contributed by atoms with E-state index in [4.69, 9.17) is 9.52 Å². The molecular formula is C14H18N2O5. The van der Waals surface area contributed by atoms with Crippen molar-refractivity contribution in [3.05, 3.63) is 24.2 Å². The molecule has 3 atom stereocenters. The number of likely N-dealkylation sites (tertiary alicyclic amines) is 1. The van der Waals surface area contributed by atoms with Crippen molar-refractivity contribution in [2.75, 3.05) is 6.54 Å². The summed E-state index contributed by atoms with van der Waals surface area (Å²) in [4.78, 5) is 36.7. The minimum absolute atomic E-state index is 0.132. The number of hydrogen-bond acceptors (Lipinski definition) is 4. The molecule has 1 saturated heterocycles. The molecule has 1 aromatic heterocycles. The highest BCUT2D eigenvalue weighted by atomic mass is 16.4. The highest BCUT2D eigenvalue weighted by Crippen LogP contribution is 2.24. The fourth-order valence-corrected chi connectivity index (χ4v) is 2.57. The molecule has 0 spiro atoms. The quantitative estimate of drug-likeness (QED) is 0.852. The van der Waals surface area contributed by atoms with Crippen molar-refractivity contribution in [3.8, 4) is 0 Å². The standard InChI is InChI=1S/C14H18N2O5/c1-8(15-12(17)11-4-3-7-21-11)13(18)16-6-5-10(9(16)2)14(19)20/h3-4,7-10H,5-6H2,1-2H3,(H,15,17)(H,19,20). The molecular weight excluding hydrogens is 276 g/mol. The van der Waals surface area contributed by atoms with E-state index < -0.39 is 23.8 Å². The van der Waals surface area contributed by atoms with Crippen LogP contribution in [0.4, 0.5) is 0 Å². The summed E-state index contributed by atoms with van der Waals surface area (Å²) < 4.78 is 4.96. The van der Waals surface area contributed by atoms with Gasteiger partial charge >= 0.3 is 5.97 Å². The van der Waals surface area contributed by atoms with Gasteiger partial charge in [-0.1, -0.05) is 0 Å². The van der Waals surface area contributed by atoms with Crippen molar-refractivity contribution in [1.82, 2.24) is 10.2 Å².